The van der Waals surface area contributed by atoms with Crippen molar-refractivity contribution >= 4 is 28.6 Å². The van der Waals surface area contributed by atoms with E-state index in [0.717, 1.165) is 55.8 Å². The third-order valence-corrected chi connectivity index (χ3v) is 7.64. The molecule has 4 aromatic rings. The predicted octanol–water partition coefficient (Wildman–Crippen LogP) is 4.60. The number of piperidine rings is 1. The van der Waals surface area contributed by atoms with Crippen LogP contribution in [-0.2, 0) is 24.4 Å². The maximum Gasteiger partial charge on any atom is 0.335 e. The molecule has 9 nitrogen and oxygen atoms in total. The van der Waals surface area contributed by atoms with E-state index < -0.39 is 5.97 Å². The number of carbonyl (C=O) groups is 1. The Bertz CT molecular complexity index is 1490. The second-order valence-electron chi connectivity index (χ2n) is 10.1. The molecule has 2 aliphatic rings. The fourth-order valence-electron chi connectivity index (χ4n) is 5.14. The van der Waals surface area contributed by atoms with E-state index in [1.165, 1.54) is 6.07 Å². The summed E-state index contributed by atoms with van der Waals surface area (Å²) >= 11 is 5.84. The summed E-state index contributed by atoms with van der Waals surface area (Å²) in [6.07, 6.45) is 4.62. The van der Waals surface area contributed by atoms with Gasteiger partial charge in [0.15, 0.2) is 0 Å². The number of benzene rings is 2. The highest BCUT2D eigenvalue weighted by atomic mass is 35.5. The first-order chi connectivity index (χ1) is 18.9. The molecule has 0 radical (unpaired) electrons. The van der Waals surface area contributed by atoms with Crippen LogP contribution in [0.4, 0.5) is 4.39 Å². The molecule has 1 unspecified atom stereocenters. The molecule has 0 spiro atoms. The maximum atomic E-state index is 14.1. The van der Waals surface area contributed by atoms with E-state index in [4.69, 9.17) is 26.1 Å². The summed E-state index contributed by atoms with van der Waals surface area (Å²) < 4.78 is 29.7. The number of likely N-dealkylation sites (tertiary alicyclic amines) is 1. The lowest BCUT2D eigenvalue weighted by molar-refractivity contribution is -0.0592. The predicted molar refractivity (Wildman–Crippen MR) is 143 cm³/mol. The fourth-order valence-corrected chi connectivity index (χ4v) is 5.30. The van der Waals surface area contributed by atoms with Gasteiger partial charge in [-0.1, -0.05) is 17.7 Å². The molecule has 2 aliphatic heterocycles. The molecule has 0 bridgehead atoms. The molecule has 2 fully saturated rings. The van der Waals surface area contributed by atoms with Gasteiger partial charge in [0.25, 0.3) is 0 Å². The second kappa shape index (κ2) is 11.0. The van der Waals surface area contributed by atoms with Gasteiger partial charge in [0.05, 0.1) is 42.3 Å². The molecule has 0 saturated carbocycles. The summed E-state index contributed by atoms with van der Waals surface area (Å²) in [5, 5.41) is 14.3. The van der Waals surface area contributed by atoms with E-state index in [1.54, 1.807) is 47.3 Å². The van der Waals surface area contributed by atoms with Crippen LogP contribution in [0.5, 0.6) is 5.88 Å². The van der Waals surface area contributed by atoms with Gasteiger partial charge in [0.2, 0.25) is 5.88 Å². The molecular formula is C28H29ClFN5O4. The molecule has 2 saturated heterocycles. The quantitative estimate of drug-likeness (QED) is 0.323. The molecule has 39 heavy (non-hydrogen) atoms. The Kier molecular flexibility index (Phi) is 7.24. The van der Waals surface area contributed by atoms with Crippen molar-refractivity contribution in [3.05, 3.63) is 76.5 Å². The largest absolute Gasteiger partial charge is 0.478 e. The van der Waals surface area contributed by atoms with Crippen LogP contribution < -0.4 is 4.74 Å². The van der Waals surface area contributed by atoms with Crippen LogP contribution >= 0.6 is 11.6 Å². The highest BCUT2D eigenvalue weighted by Crippen LogP contribution is 2.25. The van der Waals surface area contributed by atoms with Crippen LogP contribution in [-0.4, -0.2) is 67.2 Å². The number of aromatic nitrogens is 4. The summed E-state index contributed by atoms with van der Waals surface area (Å²) in [5.74, 6) is 0.133. The minimum atomic E-state index is -0.949. The third kappa shape index (κ3) is 5.78. The molecule has 11 heteroatoms. The van der Waals surface area contributed by atoms with Gasteiger partial charge in [-0.15, -0.1) is 5.10 Å². The van der Waals surface area contributed by atoms with Crippen LogP contribution in [0.15, 0.2) is 48.7 Å². The SMILES string of the molecule is O=C(O)c1ccc2nc(CN3CCC(Oc4ccn(Cc5ccc(Cl)cc5F)n4)CC3)n(CC3CCO3)c2c1. The van der Waals surface area contributed by atoms with Crippen molar-refractivity contribution in [2.75, 3.05) is 19.7 Å². The Labute approximate surface area is 229 Å². The average molecular weight is 554 g/mol. The van der Waals surface area contributed by atoms with Crippen molar-refractivity contribution in [3.8, 4) is 5.88 Å². The Morgan fingerprint density at radius 3 is 2.67 bits per heavy atom. The van der Waals surface area contributed by atoms with Crippen LogP contribution in [0, 0.1) is 5.82 Å². The lowest BCUT2D eigenvalue weighted by Gasteiger charge is -2.32. The van der Waals surface area contributed by atoms with E-state index in [0.29, 0.717) is 36.1 Å². The van der Waals surface area contributed by atoms with Crippen LogP contribution in [0.3, 0.4) is 0 Å². The standard InChI is InChI=1S/C28H29ClFN5O4/c29-20-3-1-19(23(30)14-20)15-34-11-7-27(32-34)39-21-5-9-33(10-6-21)17-26-31-24-4-2-18(28(36)37)13-25(24)35(26)16-22-8-12-38-22/h1-4,7,11,13-14,21-22H,5-6,8-10,12,15-17H2,(H,36,37). The number of carboxylic acids is 1. The molecule has 1 atom stereocenters. The van der Waals surface area contributed by atoms with Gasteiger partial charge >= 0.3 is 5.97 Å². The topological polar surface area (TPSA) is 94.6 Å². The number of carboxylic acid groups (broad SMARTS) is 1. The Morgan fingerprint density at radius 2 is 1.95 bits per heavy atom. The van der Waals surface area contributed by atoms with Crippen LogP contribution in [0.2, 0.25) is 5.02 Å². The third-order valence-electron chi connectivity index (χ3n) is 7.40. The minimum Gasteiger partial charge on any atom is -0.478 e. The van der Waals surface area contributed by atoms with Crippen molar-refractivity contribution in [2.45, 2.75) is 51.1 Å². The van der Waals surface area contributed by atoms with Gasteiger partial charge in [-0.3, -0.25) is 9.58 Å². The summed E-state index contributed by atoms with van der Waals surface area (Å²) in [5.41, 5.74) is 2.38. The lowest BCUT2D eigenvalue weighted by Crippen LogP contribution is -2.39. The average Bonchev–Trinajstić information content (AvgIpc) is 3.47. The summed E-state index contributed by atoms with van der Waals surface area (Å²) in [6, 6.07) is 11.5. The molecule has 0 aliphatic carbocycles. The summed E-state index contributed by atoms with van der Waals surface area (Å²) in [7, 11) is 0. The molecular weight excluding hydrogens is 525 g/mol. The maximum absolute atomic E-state index is 14.1. The minimum absolute atomic E-state index is 0.0391. The van der Waals surface area contributed by atoms with Gasteiger partial charge in [-0.05, 0) is 49.6 Å². The zero-order chi connectivity index (χ0) is 26.9. The second-order valence-corrected chi connectivity index (χ2v) is 10.5. The molecule has 0 amide bonds. The van der Waals surface area contributed by atoms with E-state index in [2.05, 4.69) is 14.6 Å². The Morgan fingerprint density at radius 1 is 1.13 bits per heavy atom. The monoisotopic (exact) mass is 553 g/mol. The lowest BCUT2D eigenvalue weighted by atomic mass is 10.1. The van der Waals surface area contributed by atoms with E-state index in [9.17, 15) is 14.3 Å². The number of ether oxygens (including phenoxy) is 2. The van der Waals surface area contributed by atoms with Gasteiger partial charge < -0.3 is 19.1 Å². The van der Waals surface area contributed by atoms with Crippen molar-refractivity contribution in [1.29, 1.82) is 0 Å². The molecule has 204 valence electrons. The first-order valence-corrected chi connectivity index (χ1v) is 13.5. The number of hydrogen-bond acceptors (Lipinski definition) is 6. The molecule has 4 heterocycles. The first kappa shape index (κ1) is 25.8. The van der Waals surface area contributed by atoms with Crippen molar-refractivity contribution < 1.29 is 23.8 Å². The molecule has 6 rings (SSSR count). The number of hydrogen-bond donors (Lipinski definition) is 1. The Hall–Kier alpha value is -3.47. The van der Waals surface area contributed by atoms with Gasteiger partial charge in [0.1, 0.15) is 17.7 Å². The van der Waals surface area contributed by atoms with Crippen molar-refractivity contribution in [3.63, 3.8) is 0 Å². The van der Waals surface area contributed by atoms with Gasteiger partial charge in [-0.2, -0.15) is 0 Å². The van der Waals surface area contributed by atoms with Crippen LogP contribution in [0.25, 0.3) is 11.0 Å². The summed E-state index contributed by atoms with van der Waals surface area (Å²) in [4.78, 5) is 18.7. The van der Waals surface area contributed by atoms with Gasteiger partial charge in [0, 0.05) is 42.5 Å². The fraction of sp³-hybridized carbons (Fsp3) is 0.393. The molecule has 2 aromatic heterocycles. The molecule has 2 aromatic carbocycles. The number of imidazole rings is 1. The number of rotatable bonds is 9. The highest BCUT2D eigenvalue weighted by Gasteiger charge is 2.26. The summed E-state index contributed by atoms with van der Waals surface area (Å²) in [6.45, 7) is 4.06. The number of halogens is 2. The zero-order valence-electron chi connectivity index (χ0n) is 21.3. The van der Waals surface area contributed by atoms with E-state index in [-0.39, 0.29) is 23.6 Å². The molecule has 1 N–H and O–H groups in total. The normalized spacial score (nSPS) is 18.4. The Balaban J connectivity index is 1.08. The van der Waals surface area contributed by atoms with Crippen molar-refractivity contribution in [2.24, 2.45) is 0 Å². The van der Waals surface area contributed by atoms with Gasteiger partial charge in [-0.25, -0.2) is 14.2 Å². The highest BCUT2D eigenvalue weighted by molar-refractivity contribution is 6.30. The first-order valence-electron chi connectivity index (χ1n) is 13.1. The van der Waals surface area contributed by atoms with Crippen molar-refractivity contribution in [1.82, 2.24) is 24.2 Å². The zero-order valence-corrected chi connectivity index (χ0v) is 22.1. The number of nitrogens with zero attached hydrogens (tertiary/aromatic N) is 5. The van der Waals surface area contributed by atoms with Crippen LogP contribution in [0.1, 0.15) is 41.0 Å². The van der Waals surface area contributed by atoms with E-state index in [1.807, 2.05) is 0 Å². The number of aromatic carboxylic acids is 1. The smallest absolute Gasteiger partial charge is 0.335 e. The van der Waals surface area contributed by atoms with E-state index >= 15 is 0 Å². The number of fused-ring (bicyclic) bond motifs is 1.